The van der Waals surface area contributed by atoms with Crippen LogP contribution in [0.3, 0.4) is 0 Å². The molecule has 1 rings (SSSR count). The van der Waals surface area contributed by atoms with Crippen LogP contribution in [0.1, 0.15) is 40.0 Å². The first-order chi connectivity index (χ1) is 9.38. The van der Waals surface area contributed by atoms with E-state index in [1.165, 1.54) is 4.57 Å². The van der Waals surface area contributed by atoms with Crippen LogP contribution in [0.15, 0.2) is 9.59 Å². The van der Waals surface area contributed by atoms with Gasteiger partial charge in [-0.1, -0.05) is 27.2 Å². The predicted molar refractivity (Wildman–Crippen MR) is 83.4 cm³/mol. The van der Waals surface area contributed by atoms with Gasteiger partial charge in [0.1, 0.15) is 11.5 Å². The molecule has 0 bridgehead atoms. The van der Waals surface area contributed by atoms with Gasteiger partial charge in [0.25, 0.3) is 5.56 Å². The van der Waals surface area contributed by atoms with Crippen molar-refractivity contribution in [3.8, 4) is 0 Å². The van der Waals surface area contributed by atoms with Crippen molar-refractivity contribution < 1.29 is 0 Å². The van der Waals surface area contributed by atoms with Crippen molar-refractivity contribution in [1.82, 2.24) is 9.55 Å². The summed E-state index contributed by atoms with van der Waals surface area (Å²) < 4.78 is 1.45. The Kier molecular flexibility index (Phi) is 5.85. The Balaban J connectivity index is 3.12. The second kappa shape index (κ2) is 7.17. The van der Waals surface area contributed by atoms with Crippen LogP contribution in [0, 0.1) is 5.92 Å². The normalized spacial score (nSPS) is 11.1. The molecule has 1 aromatic heterocycles. The van der Waals surface area contributed by atoms with E-state index in [2.05, 4.69) is 18.8 Å². The molecular weight excluding hydrogens is 256 g/mol. The third-order valence-electron chi connectivity index (χ3n) is 3.37. The zero-order valence-corrected chi connectivity index (χ0v) is 12.9. The second-order valence-electron chi connectivity index (χ2n) is 5.60. The van der Waals surface area contributed by atoms with E-state index in [0.717, 1.165) is 25.8 Å². The van der Waals surface area contributed by atoms with E-state index in [9.17, 15) is 9.59 Å². The zero-order valence-electron chi connectivity index (χ0n) is 12.9. The first-order valence-electron chi connectivity index (χ1n) is 7.22. The number of anilines is 2. The summed E-state index contributed by atoms with van der Waals surface area (Å²) in [6.07, 6.45) is 2.78. The highest BCUT2D eigenvalue weighted by atomic mass is 16.2. The van der Waals surface area contributed by atoms with Crippen molar-refractivity contribution in [2.24, 2.45) is 5.92 Å². The Labute approximate surface area is 119 Å². The Bertz CT molecular complexity index is 545. The first-order valence-corrected chi connectivity index (χ1v) is 7.22. The fraction of sp³-hybridized carbons (Fsp3) is 0.714. The average molecular weight is 282 g/mol. The Morgan fingerprint density at radius 2 is 2.00 bits per heavy atom. The van der Waals surface area contributed by atoms with E-state index in [-0.39, 0.29) is 5.82 Å². The molecule has 0 spiro atoms. The fourth-order valence-corrected chi connectivity index (χ4v) is 2.05. The molecule has 6 heteroatoms. The second-order valence-corrected chi connectivity index (χ2v) is 5.60. The molecule has 114 valence electrons. The number of aromatic nitrogens is 2. The fourth-order valence-electron chi connectivity index (χ4n) is 2.05. The quantitative estimate of drug-likeness (QED) is 0.791. The Hall–Kier alpha value is -1.72. The number of rotatable bonds is 7. The molecule has 0 atom stereocenters. The van der Waals surface area contributed by atoms with Gasteiger partial charge in [-0.05, 0) is 18.8 Å². The molecule has 1 aromatic rings. The third-order valence-corrected chi connectivity index (χ3v) is 3.37. The third kappa shape index (κ3) is 3.88. The van der Waals surface area contributed by atoms with Gasteiger partial charge in [0.15, 0.2) is 0 Å². The molecule has 0 aliphatic rings. The monoisotopic (exact) mass is 282 g/mol. The molecule has 20 heavy (non-hydrogen) atoms. The van der Waals surface area contributed by atoms with E-state index < -0.39 is 11.2 Å². The van der Waals surface area contributed by atoms with Gasteiger partial charge in [0.05, 0.1) is 0 Å². The standard InChI is InChI=1S/C14H26N4O2/c1-5-6-8-18-12(15)11(13(19)16-14(18)20)17(4)9-7-10(2)3/h10H,5-9,15H2,1-4H3,(H,16,19,20). The summed E-state index contributed by atoms with van der Waals surface area (Å²) in [6, 6.07) is 0. The Morgan fingerprint density at radius 3 is 2.55 bits per heavy atom. The number of hydrogen-bond acceptors (Lipinski definition) is 4. The van der Waals surface area contributed by atoms with Gasteiger partial charge in [0.2, 0.25) is 0 Å². The lowest BCUT2D eigenvalue weighted by Crippen LogP contribution is -2.37. The molecular formula is C14H26N4O2. The molecule has 0 fully saturated rings. The highest BCUT2D eigenvalue weighted by Gasteiger charge is 2.15. The SMILES string of the molecule is CCCCn1c(N)c(N(C)CCC(C)C)c(=O)[nH]c1=O. The molecule has 0 saturated carbocycles. The van der Waals surface area contributed by atoms with E-state index in [1.807, 2.05) is 18.9 Å². The van der Waals surface area contributed by atoms with Crippen molar-refractivity contribution in [2.75, 3.05) is 24.2 Å². The van der Waals surface area contributed by atoms with Gasteiger partial charge in [-0.25, -0.2) is 4.79 Å². The Morgan fingerprint density at radius 1 is 1.35 bits per heavy atom. The van der Waals surface area contributed by atoms with E-state index in [0.29, 0.717) is 18.2 Å². The predicted octanol–water partition coefficient (Wildman–Crippen LogP) is 1.40. The highest BCUT2D eigenvalue weighted by molar-refractivity contribution is 5.61. The summed E-state index contributed by atoms with van der Waals surface area (Å²) in [6.45, 7) is 7.57. The van der Waals surface area contributed by atoms with Crippen LogP contribution in [0.4, 0.5) is 11.5 Å². The van der Waals surface area contributed by atoms with Crippen LogP contribution < -0.4 is 21.9 Å². The maximum Gasteiger partial charge on any atom is 0.330 e. The first kappa shape index (κ1) is 16.3. The summed E-state index contributed by atoms with van der Waals surface area (Å²) in [5.41, 5.74) is 5.59. The maximum atomic E-state index is 12.0. The van der Waals surface area contributed by atoms with Crippen molar-refractivity contribution in [1.29, 1.82) is 0 Å². The van der Waals surface area contributed by atoms with Crippen molar-refractivity contribution in [3.05, 3.63) is 20.8 Å². The zero-order chi connectivity index (χ0) is 15.3. The summed E-state index contributed by atoms with van der Waals surface area (Å²) in [4.78, 5) is 28.0. The van der Waals surface area contributed by atoms with Crippen molar-refractivity contribution in [3.63, 3.8) is 0 Å². The molecule has 0 aromatic carbocycles. The number of nitrogens with zero attached hydrogens (tertiary/aromatic N) is 2. The van der Waals surface area contributed by atoms with Gasteiger partial charge >= 0.3 is 5.69 Å². The highest BCUT2D eigenvalue weighted by Crippen LogP contribution is 2.16. The molecule has 0 radical (unpaired) electrons. The number of unbranched alkanes of at least 4 members (excludes halogenated alkanes) is 1. The average Bonchev–Trinajstić information content (AvgIpc) is 2.35. The van der Waals surface area contributed by atoms with Gasteiger partial charge in [-0.2, -0.15) is 0 Å². The molecule has 1 heterocycles. The van der Waals surface area contributed by atoms with E-state index in [4.69, 9.17) is 5.73 Å². The number of aromatic amines is 1. The van der Waals surface area contributed by atoms with Gasteiger partial charge < -0.3 is 10.6 Å². The number of hydrogen-bond donors (Lipinski definition) is 2. The largest absolute Gasteiger partial charge is 0.383 e. The molecule has 0 amide bonds. The lowest BCUT2D eigenvalue weighted by molar-refractivity contribution is 0.579. The molecule has 0 aliphatic heterocycles. The van der Waals surface area contributed by atoms with Crippen LogP contribution in [0.2, 0.25) is 0 Å². The molecule has 0 saturated heterocycles. The molecule has 6 nitrogen and oxygen atoms in total. The summed E-state index contributed by atoms with van der Waals surface area (Å²) in [5, 5.41) is 0. The van der Waals surface area contributed by atoms with Crippen LogP contribution in [-0.4, -0.2) is 23.1 Å². The number of nitrogens with two attached hydrogens (primary N) is 1. The topological polar surface area (TPSA) is 84.1 Å². The lowest BCUT2D eigenvalue weighted by atomic mass is 10.1. The van der Waals surface area contributed by atoms with Crippen molar-refractivity contribution in [2.45, 2.75) is 46.6 Å². The smallest absolute Gasteiger partial charge is 0.330 e. The van der Waals surface area contributed by atoms with Crippen LogP contribution in [0.25, 0.3) is 0 Å². The number of H-pyrrole nitrogens is 1. The van der Waals surface area contributed by atoms with E-state index >= 15 is 0 Å². The number of nitrogen functional groups attached to an aromatic ring is 1. The summed E-state index contributed by atoms with van der Waals surface area (Å²) in [7, 11) is 1.83. The minimum atomic E-state index is -0.429. The molecule has 0 unspecified atom stereocenters. The van der Waals surface area contributed by atoms with Crippen molar-refractivity contribution >= 4 is 11.5 Å². The van der Waals surface area contributed by atoms with Gasteiger partial charge in [0, 0.05) is 20.1 Å². The van der Waals surface area contributed by atoms with Crippen LogP contribution in [0.5, 0.6) is 0 Å². The maximum absolute atomic E-state index is 12.0. The van der Waals surface area contributed by atoms with Crippen LogP contribution >= 0.6 is 0 Å². The molecule has 3 N–H and O–H groups in total. The van der Waals surface area contributed by atoms with Crippen LogP contribution in [-0.2, 0) is 6.54 Å². The minimum absolute atomic E-state index is 0.262. The minimum Gasteiger partial charge on any atom is -0.383 e. The van der Waals surface area contributed by atoms with E-state index in [1.54, 1.807) is 0 Å². The lowest BCUT2D eigenvalue weighted by Gasteiger charge is -2.22. The van der Waals surface area contributed by atoms with Gasteiger partial charge in [-0.3, -0.25) is 14.3 Å². The summed E-state index contributed by atoms with van der Waals surface area (Å²) in [5.74, 6) is 0.808. The van der Waals surface area contributed by atoms with Gasteiger partial charge in [-0.15, -0.1) is 0 Å². The summed E-state index contributed by atoms with van der Waals surface area (Å²) >= 11 is 0. The number of nitrogens with one attached hydrogen (secondary N) is 1. The molecule has 0 aliphatic carbocycles.